The highest BCUT2D eigenvalue weighted by Crippen LogP contribution is 2.41. The van der Waals surface area contributed by atoms with Crippen LogP contribution < -0.4 is 4.90 Å². The second kappa shape index (κ2) is 8.59. The van der Waals surface area contributed by atoms with E-state index < -0.39 is 0 Å². The molecule has 1 atom stereocenters. The molecular weight excluding hydrogens is 432 g/mol. The van der Waals surface area contributed by atoms with E-state index in [1.165, 1.54) is 11.8 Å². The third-order valence-electron chi connectivity index (χ3n) is 4.21. The summed E-state index contributed by atoms with van der Waals surface area (Å²) in [4.78, 5) is 19.4. The van der Waals surface area contributed by atoms with Gasteiger partial charge in [-0.1, -0.05) is 94.4 Å². The van der Waals surface area contributed by atoms with Crippen LogP contribution >= 0.6 is 27.7 Å². The zero-order chi connectivity index (χ0) is 19.3. The number of allylic oxidation sites excluding steroid dienone is 1. The fraction of sp³-hybridized carbons (Fsp3) is 0.0435. The van der Waals surface area contributed by atoms with Crippen LogP contribution in [0.5, 0.6) is 0 Å². The van der Waals surface area contributed by atoms with Crippen molar-refractivity contribution in [3.8, 4) is 0 Å². The van der Waals surface area contributed by atoms with Crippen molar-refractivity contribution in [2.45, 2.75) is 4.16 Å². The molecule has 1 fully saturated rings. The molecule has 0 bridgehead atoms. The van der Waals surface area contributed by atoms with E-state index >= 15 is 0 Å². The minimum atomic E-state index is -0.312. The summed E-state index contributed by atoms with van der Waals surface area (Å²) in [7, 11) is 0. The molecule has 3 nitrogen and oxygen atoms in total. The fourth-order valence-electron chi connectivity index (χ4n) is 2.90. The number of anilines is 1. The van der Waals surface area contributed by atoms with Crippen molar-refractivity contribution in [2.24, 2.45) is 4.99 Å². The molecule has 0 radical (unpaired) electrons. The van der Waals surface area contributed by atoms with E-state index in [1.54, 1.807) is 4.90 Å². The molecule has 0 aromatic heterocycles. The molecule has 5 heteroatoms. The summed E-state index contributed by atoms with van der Waals surface area (Å²) in [6, 6.07) is 29.5. The van der Waals surface area contributed by atoms with Crippen molar-refractivity contribution in [1.82, 2.24) is 0 Å². The number of halogens is 1. The van der Waals surface area contributed by atoms with Gasteiger partial charge >= 0.3 is 0 Å². The van der Waals surface area contributed by atoms with Gasteiger partial charge in [-0.3, -0.25) is 9.69 Å². The Morgan fingerprint density at radius 1 is 0.893 bits per heavy atom. The zero-order valence-electron chi connectivity index (χ0n) is 14.9. The van der Waals surface area contributed by atoms with Crippen LogP contribution in [0.25, 0.3) is 0 Å². The van der Waals surface area contributed by atoms with Crippen molar-refractivity contribution in [2.75, 3.05) is 4.90 Å². The molecule has 138 valence electrons. The van der Waals surface area contributed by atoms with E-state index in [2.05, 4.69) is 15.9 Å². The average molecular weight is 449 g/mol. The molecule has 1 unspecified atom stereocenters. The summed E-state index contributed by atoms with van der Waals surface area (Å²) >= 11 is 4.97. The first-order valence-corrected chi connectivity index (χ1v) is 10.6. The highest BCUT2D eigenvalue weighted by Gasteiger charge is 2.36. The topological polar surface area (TPSA) is 32.7 Å². The highest BCUT2D eigenvalue weighted by molar-refractivity contribution is 9.11. The molecular formula is C23H17BrN2OS. The number of alkyl halides is 1. The lowest BCUT2D eigenvalue weighted by Gasteiger charge is -2.17. The van der Waals surface area contributed by atoms with Gasteiger partial charge < -0.3 is 0 Å². The van der Waals surface area contributed by atoms with Crippen molar-refractivity contribution in [3.63, 3.8) is 0 Å². The Morgan fingerprint density at radius 2 is 1.46 bits per heavy atom. The number of thioether (sulfide) groups is 1. The van der Waals surface area contributed by atoms with Gasteiger partial charge in [-0.2, -0.15) is 0 Å². The van der Waals surface area contributed by atoms with Crippen molar-refractivity contribution >= 4 is 50.7 Å². The van der Waals surface area contributed by atoms with Gasteiger partial charge in [0.05, 0.1) is 16.4 Å². The SMILES string of the molecule is O=C1C(Br)S/C(=C\C(=Nc2ccccc2)c2ccccc2)N1c1ccccc1. The van der Waals surface area contributed by atoms with Gasteiger partial charge in [0.2, 0.25) is 0 Å². The first-order valence-electron chi connectivity index (χ1n) is 8.83. The molecule has 1 heterocycles. The number of rotatable bonds is 4. The highest BCUT2D eigenvalue weighted by atomic mass is 79.9. The minimum Gasteiger partial charge on any atom is -0.273 e. The van der Waals surface area contributed by atoms with Gasteiger partial charge in [-0.15, -0.1) is 0 Å². The van der Waals surface area contributed by atoms with E-state index in [4.69, 9.17) is 4.99 Å². The minimum absolute atomic E-state index is 0.00886. The number of carbonyl (C=O) groups is 1. The molecule has 1 saturated heterocycles. The molecule has 28 heavy (non-hydrogen) atoms. The zero-order valence-corrected chi connectivity index (χ0v) is 17.3. The lowest BCUT2D eigenvalue weighted by molar-refractivity contribution is -0.115. The number of carbonyl (C=O) groups excluding carboxylic acids is 1. The van der Waals surface area contributed by atoms with E-state index in [1.807, 2.05) is 97.1 Å². The standard InChI is InChI=1S/C23H17BrN2OS/c24-22-23(27)26(19-14-8-3-9-15-19)21(28-22)16-20(17-10-4-1-5-11-17)25-18-12-6-2-7-13-18/h1-16,22H/b21-16-,25-20?. The van der Waals surface area contributed by atoms with Gasteiger partial charge in [0.25, 0.3) is 5.91 Å². The Balaban J connectivity index is 1.81. The maximum atomic E-state index is 12.8. The normalized spacial score (nSPS) is 18.7. The van der Waals surface area contributed by atoms with Crippen molar-refractivity contribution < 1.29 is 4.79 Å². The fourth-order valence-corrected chi connectivity index (χ4v) is 4.57. The van der Waals surface area contributed by atoms with Crippen LogP contribution in [0.3, 0.4) is 0 Å². The van der Waals surface area contributed by atoms with E-state index in [0.29, 0.717) is 0 Å². The monoisotopic (exact) mass is 448 g/mol. The van der Waals surface area contributed by atoms with Crippen LogP contribution in [0.1, 0.15) is 5.56 Å². The maximum Gasteiger partial charge on any atom is 0.256 e. The van der Waals surface area contributed by atoms with E-state index in [0.717, 1.165) is 27.7 Å². The summed E-state index contributed by atoms with van der Waals surface area (Å²) in [5, 5.41) is 0.844. The summed E-state index contributed by atoms with van der Waals surface area (Å²) in [6.45, 7) is 0. The average Bonchev–Trinajstić information content (AvgIpc) is 3.03. The molecule has 4 rings (SSSR count). The number of nitrogens with zero attached hydrogens (tertiary/aromatic N) is 2. The summed E-state index contributed by atoms with van der Waals surface area (Å²) in [6.07, 6.45) is 1.99. The number of aliphatic imine (C=N–C) groups is 1. The second-order valence-electron chi connectivity index (χ2n) is 6.12. The molecule has 1 aliphatic heterocycles. The van der Waals surface area contributed by atoms with Crippen LogP contribution in [-0.2, 0) is 4.79 Å². The van der Waals surface area contributed by atoms with Crippen LogP contribution in [0.15, 0.2) is 107 Å². The number of hydrogen-bond acceptors (Lipinski definition) is 3. The predicted octanol–water partition coefficient (Wildman–Crippen LogP) is 6.15. The first-order chi connectivity index (χ1) is 13.7. The van der Waals surface area contributed by atoms with Gasteiger partial charge in [0.15, 0.2) is 0 Å². The summed E-state index contributed by atoms with van der Waals surface area (Å²) in [5.41, 5.74) is 3.53. The van der Waals surface area contributed by atoms with Crippen molar-refractivity contribution in [3.05, 3.63) is 108 Å². The number of hydrogen-bond donors (Lipinski definition) is 0. The third-order valence-corrected chi connectivity index (χ3v) is 6.11. The van der Waals surface area contributed by atoms with Crippen molar-refractivity contribution in [1.29, 1.82) is 0 Å². The van der Waals surface area contributed by atoms with Crippen LogP contribution in [-0.4, -0.2) is 15.8 Å². The first kappa shape index (κ1) is 18.7. The smallest absolute Gasteiger partial charge is 0.256 e. The molecule has 0 aliphatic carbocycles. The Kier molecular flexibility index (Phi) is 5.74. The third kappa shape index (κ3) is 4.11. The van der Waals surface area contributed by atoms with Gasteiger partial charge in [-0.25, -0.2) is 4.99 Å². The Hall–Kier alpha value is -2.63. The van der Waals surface area contributed by atoms with Crippen LogP contribution in [0.2, 0.25) is 0 Å². The van der Waals surface area contributed by atoms with Gasteiger partial charge in [-0.05, 0) is 30.3 Å². The second-order valence-corrected chi connectivity index (χ2v) is 8.77. The quantitative estimate of drug-likeness (QED) is 0.354. The number of para-hydroxylation sites is 2. The Labute approximate surface area is 176 Å². The predicted molar refractivity (Wildman–Crippen MR) is 121 cm³/mol. The van der Waals surface area contributed by atoms with Gasteiger partial charge in [0.1, 0.15) is 4.16 Å². The molecule has 3 aromatic rings. The molecule has 0 spiro atoms. The lowest BCUT2D eigenvalue weighted by atomic mass is 10.1. The molecule has 1 aliphatic rings. The molecule has 3 aromatic carbocycles. The number of amides is 1. The van der Waals surface area contributed by atoms with E-state index in [9.17, 15) is 4.79 Å². The Morgan fingerprint density at radius 3 is 2.11 bits per heavy atom. The summed E-state index contributed by atoms with van der Waals surface area (Å²) < 4.78 is -0.312. The maximum absolute atomic E-state index is 12.8. The van der Waals surface area contributed by atoms with E-state index in [-0.39, 0.29) is 10.1 Å². The Bertz CT molecular complexity index is 1020. The molecule has 0 saturated carbocycles. The lowest BCUT2D eigenvalue weighted by Crippen LogP contribution is -2.26. The van der Waals surface area contributed by atoms with Crippen LogP contribution in [0.4, 0.5) is 11.4 Å². The van der Waals surface area contributed by atoms with Gasteiger partial charge in [0, 0.05) is 11.3 Å². The molecule has 0 N–H and O–H groups in total. The summed E-state index contributed by atoms with van der Waals surface area (Å²) in [5.74, 6) is 0.00886. The number of benzene rings is 3. The largest absolute Gasteiger partial charge is 0.273 e. The van der Waals surface area contributed by atoms with Crippen LogP contribution in [0, 0.1) is 0 Å². The molecule has 1 amide bonds.